The van der Waals surface area contributed by atoms with Crippen LogP contribution in [-0.4, -0.2) is 60.0 Å². The van der Waals surface area contributed by atoms with Crippen molar-refractivity contribution in [3.05, 3.63) is 52.9 Å². The lowest BCUT2D eigenvalue weighted by Crippen LogP contribution is -2.42. The van der Waals surface area contributed by atoms with Gasteiger partial charge in [0, 0.05) is 37.1 Å². The summed E-state index contributed by atoms with van der Waals surface area (Å²) in [6.07, 6.45) is 0.590. The molecule has 11 heteroatoms. The normalized spacial score (nSPS) is 20.9. The van der Waals surface area contributed by atoms with Crippen LogP contribution in [0.4, 0.5) is 16.2 Å². The smallest absolute Gasteiger partial charge is 0.414 e. The zero-order chi connectivity index (χ0) is 23.2. The summed E-state index contributed by atoms with van der Waals surface area (Å²) in [7, 11) is 0. The summed E-state index contributed by atoms with van der Waals surface area (Å²) in [5.41, 5.74) is 2.47. The van der Waals surface area contributed by atoms with E-state index in [9.17, 15) is 14.4 Å². The highest BCUT2D eigenvalue weighted by Gasteiger charge is 2.33. The number of rotatable bonds is 5. The Hall–Kier alpha value is -4.12. The Bertz CT molecular complexity index is 1370. The first kappa shape index (κ1) is 20.5. The van der Waals surface area contributed by atoms with Crippen molar-refractivity contribution in [2.75, 3.05) is 36.5 Å². The lowest BCUT2D eigenvalue weighted by molar-refractivity contribution is -0.118. The van der Waals surface area contributed by atoms with E-state index >= 15 is 0 Å². The average molecular weight is 463 g/mol. The summed E-state index contributed by atoms with van der Waals surface area (Å²) in [6.45, 7) is 1.64. The van der Waals surface area contributed by atoms with Crippen molar-refractivity contribution in [3.63, 3.8) is 0 Å². The second-order valence-electron chi connectivity index (χ2n) is 8.36. The van der Waals surface area contributed by atoms with Crippen LogP contribution in [0.2, 0.25) is 0 Å². The van der Waals surface area contributed by atoms with Crippen molar-refractivity contribution < 1.29 is 23.8 Å². The second-order valence-corrected chi connectivity index (χ2v) is 8.36. The zero-order valence-electron chi connectivity index (χ0n) is 18.0. The number of hydrogen-bond acceptors (Lipinski definition) is 8. The number of ether oxygens (including phenoxy) is 3. The molecule has 174 valence electrons. The molecule has 3 aromatic rings. The van der Waals surface area contributed by atoms with Gasteiger partial charge >= 0.3 is 6.09 Å². The fourth-order valence-corrected chi connectivity index (χ4v) is 4.48. The fourth-order valence-electron chi connectivity index (χ4n) is 4.48. The van der Waals surface area contributed by atoms with Crippen LogP contribution >= 0.6 is 0 Å². The number of pyridine rings is 2. The molecule has 2 aromatic heterocycles. The van der Waals surface area contributed by atoms with Crippen LogP contribution in [0.3, 0.4) is 0 Å². The molecule has 2 amide bonds. The number of nitrogens with zero attached hydrogens (tertiary/aromatic N) is 3. The Kier molecular flexibility index (Phi) is 4.84. The molecule has 34 heavy (non-hydrogen) atoms. The number of carbonyl (C=O) groups excluding carboxylic acids is 2. The van der Waals surface area contributed by atoms with Crippen molar-refractivity contribution in [2.24, 2.45) is 0 Å². The zero-order valence-corrected chi connectivity index (χ0v) is 18.0. The van der Waals surface area contributed by atoms with Gasteiger partial charge in [-0.25, -0.2) is 4.79 Å². The monoisotopic (exact) mass is 463 g/mol. The van der Waals surface area contributed by atoms with Crippen molar-refractivity contribution in [1.29, 1.82) is 0 Å². The fraction of sp³-hybridized carbons (Fsp3) is 0.304. The number of aromatic nitrogens is 2. The van der Waals surface area contributed by atoms with Crippen LogP contribution in [-0.2, 0) is 16.1 Å². The Morgan fingerprint density at radius 3 is 2.74 bits per heavy atom. The lowest BCUT2D eigenvalue weighted by atomic mass is 10.2. The standard InChI is InChI=1S/C23H21N5O6/c29-20-12-32-18-3-1-13(7-17(18)26-20)27-10-15(34-23(27)31)9-24-8-14-11-28-21(30)4-2-16-22(28)19(33-14)5-6-25-16/h1-7,14-15,24H,8-12H2,(H,26,29)/t14?,15-/m1/s1. The minimum Gasteiger partial charge on any atom is -0.485 e. The molecular formula is C23H21N5O6. The maximum atomic E-state index is 12.5. The number of nitrogens with one attached hydrogen (secondary N) is 2. The highest BCUT2D eigenvalue weighted by molar-refractivity contribution is 5.97. The van der Waals surface area contributed by atoms with E-state index in [1.54, 1.807) is 41.1 Å². The number of hydrogen-bond donors (Lipinski definition) is 2. The summed E-state index contributed by atoms with van der Waals surface area (Å²) in [6, 6.07) is 10.1. The molecule has 0 saturated carbocycles. The Labute approximate surface area is 193 Å². The maximum absolute atomic E-state index is 12.5. The third kappa shape index (κ3) is 3.59. The molecule has 0 aliphatic carbocycles. The van der Waals surface area contributed by atoms with Gasteiger partial charge in [-0.05, 0) is 24.3 Å². The minimum absolute atomic E-state index is 0.0250. The quantitative estimate of drug-likeness (QED) is 0.577. The molecule has 1 saturated heterocycles. The summed E-state index contributed by atoms with van der Waals surface area (Å²) in [5.74, 6) is 0.953. The Balaban J connectivity index is 1.08. The first-order chi connectivity index (χ1) is 16.5. The second kappa shape index (κ2) is 8.03. The molecule has 5 heterocycles. The molecule has 11 nitrogen and oxygen atoms in total. The average Bonchev–Trinajstić information content (AvgIpc) is 3.21. The number of fused-ring (bicyclic) bond motifs is 1. The number of carbonyl (C=O) groups is 2. The number of benzene rings is 1. The third-order valence-corrected chi connectivity index (χ3v) is 6.04. The first-order valence-corrected chi connectivity index (χ1v) is 11.0. The van der Waals surface area contributed by atoms with E-state index in [1.807, 2.05) is 0 Å². The van der Waals surface area contributed by atoms with Crippen LogP contribution in [0.25, 0.3) is 11.0 Å². The van der Waals surface area contributed by atoms with Gasteiger partial charge in [-0.3, -0.25) is 24.0 Å². The van der Waals surface area contributed by atoms with Gasteiger partial charge in [-0.15, -0.1) is 0 Å². The van der Waals surface area contributed by atoms with E-state index in [0.29, 0.717) is 54.6 Å². The van der Waals surface area contributed by atoms with Gasteiger partial charge in [0.25, 0.3) is 11.5 Å². The molecule has 2 N–H and O–H groups in total. The van der Waals surface area contributed by atoms with E-state index in [2.05, 4.69) is 15.6 Å². The van der Waals surface area contributed by atoms with Crippen molar-refractivity contribution >= 4 is 34.4 Å². The van der Waals surface area contributed by atoms with Crippen LogP contribution in [0.5, 0.6) is 11.5 Å². The third-order valence-electron chi connectivity index (χ3n) is 6.04. The molecular weight excluding hydrogens is 442 g/mol. The Morgan fingerprint density at radius 2 is 1.85 bits per heavy atom. The first-order valence-electron chi connectivity index (χ1n) is 11.0. The topological polar surface area (TPSA) is 124 Å². The lowest BCUT2D eigenvalue weighted by Gasteiger charge is -2.27. The van der Waals surface area contributed by atoms with Crippen molar-refractivity contribution in [2.45, 2.75) is 18.8 Å². The summed E-state index contributed by atoms with van der Waals surface area (Å²) in [4.78, 5) is 42.2. The van der Waals surface area contributed by atoms with E-state index in [-0.39, 0.29) is 30.3 Å². The molecule has 3 aliphatic heterocycles. The number of anilines is 2. The van der Waals surface area contributed by atoms with Crippen molar-refractivity contribution in [1.82, 2.24) is 14.9 Å². The molecule has 1 unspecified atom stereocenters. The van der Waals surface area contributed by atoms with Gasteiger partial charge in [0.1, 0.15) is 29.2 Å². The van der Waals surface area contributed by atoms with Gasteiger partial charge in [-0.1, -0.05) is 0 Å². The van der Waals surface area contributed by atoms with E-state index < -0.39 is 6.09 Å². The highest BCUT2D eigenvalue weighted by Crippen LogP contribution is 2.33. The highest BCUT2D eigenvalue weighted by atomic mass is 16.6. The van der Waals surface area contributed by atoms with E-state index in [0.717, 1.165) is 5.52 Å². The maximum Gasteiger partial charge on any atom is 0.414 e. The number of amides is 2. The molecule has 2 atom stereocenters. The summed E-state index contributed by atoms with van der Waals surface area (Å²) in [5, 5.41) is 6.03. The molecule has 3 aliphatic rings. The minimum atomic E-state index is -0.455. The van der Waals surface area contributed by atoms with E-state index in [1.165, 1.54) is 11.0 Å². The van der Waals surface area contributed by atoms with Gasteiger partial charge < -0.3 is 24.8 Å². The van der Waals surface area contributed by atoms with Gasteiger partial charge in [-0.2, -0.15) is 0 Å². The summed E-state index contributed by atoms with van der Waals surface area (Å²) < 4.78 is 18.6. The number of cyclic esters (lactones) is 1. The van der Waals surface area contributed by atoms with Gasteiger partial charge in [0.05, 0.1) is 24.3 Å². The molecule has 1 fully saturated rings. The molecule has 0 radical (unpaired) electrons. The van der Waals surface area contributed by atoms with Crippen LogP contribution < -0.4 is 30.6 Å². The molecule has 0 bridgehead atoms. The molecule has 6 rings (SSSR count). The van der Waals surface area contributed by atoms with Gasteiger partial charge in [0.2, 0.25) is 0 Å². The molecule has 0 spiro atoms. The van der Waals surface area contributed by atoms with Crippen LogP contribution in [0, 0.1) is 0 Å². The largest absolute Gasteiger partial charge is 0.485 e. The predicted octanol–water partition coefficient (Wildman–Crippen LogP) is 1.10. The molecule has 1 aromatic carbocycles. The van der Waals surface area contributed by atoms with Crippen LogP contribution in [0.1, 0.15) is 0 Å². The van der Waals surface area contributed by atoms with Gasteiger partial charge in [0.15, 0.2) is 6.61 Å². The van der Waals surface area contributed by atoms with E-state index in [4.69, 9.17) is 14.2 Å². The van der Waals surface area contributed by atoms with Crippen LogP contribution in [0.15, 0.2) is 47.4 Å². The summed E-state index contributed by atoms with van der Waals surface area (Å²) >= 11 is 0. The Morgan fingerprint density at radius 1 is 1.00 bits per heavy atom. The predicted molar refractivity (Wildman–Crippen MR) is 121 cm³/mol. The van der Waals surface area contributed by atoms with Crippen molar-refractivity contribution in [3.8, 4) is 11.5 Å². The SMILES string of the molecule is O=C1COc2ccc(N3C[C@@H](CNCC4Cn5c(=O)ccc6nccc(c65)O4)OC3=O)cc2N1.